The number of carbonyl (C=O) groups is 3. The molecule has 272 valence electrons. The van der Waals surface area contributed by atoms with Crippen LogP contribution in [-0.2, 0) is 31.4 Å². The number of fused-ring (bicyclic) bond motifs is 2. The highest BCUT2D eigenvalue weighted by Gasteiger charge is 2.50. The molecule has 1 saturated heterocycles. The van der Waals surface area contributed by atoms with Crippen molar-refractivity contribution in [2.45, 2.75) is 109 Å². The molecular formula is C39H52ClN3O7. The van der Waals surface area contributed by atoms with Crippen LogP contribution in [0.15, 0.2) is 48.0 Å². The average Bonchev–Trinajstić information content (AvgIpc) is 3.88. The number of benzene rings is 2. The van der Waals surface area contributed by atoms with Crippen molar-refractivity contribution in [3.8, 4) is 5.75 Å². The van der Waals surface area contributed by atoms with Crippen molar-refractivity contribution in [3.05, 3.63) is 70.3 Å². The number of hydrogen-bond donors (Lipinski definition) is 0. The quantitative estimate of drug-likeness (QED) is 0.188. The summed E-state index contributed by atoms with van der Waals surface area (Å²) >= 11 is 6.14. The van der Waals surface area contributed by atoms with Crippen LogP contribution in [0, 0.1) is 6.92 Å². The van der Waals surface area contributed by atoms with Gasteiger partial charge in [0.25, 0.3) is 5.91 Å². The summed E-state index contributed by atoms with van der Waals surface area (Å²) in [6, 6.07) is 12.7. The maximum absolute atomic E-state index is 15.2. The largest absolute Gasteiger partial charge is 0.491 e. The predicted octanol–water partition coefficient (Wildman–Crippen LogP) is 7.33. The molecule has 10 nitrogen and oxygen atoms in total. The van der Waals surface area contributed by atoms with E-state index in [-0.39, 0.29) is 25.0 Å². The van der Waals surface area contributed by atoms with Crippen molar-refractivity contribution in [1.82, 2.24) is 14.7 Å². The molecule has 2 atom stereocenters. The maximum Gasteiger partial charge on any atom is 0.411 e. The molecule has 0 spiro atoms. The first-order chi connectivity index (χ1) is 23.6. The minimum atomic E-state index is -0.758. The van der Waals surface area contributed by atoms with Crippen LogP contribution in [-0.4, -0.2) is 95.5 Å². The van der Waals surface area contributed by atoms with Gasteiger partial charge in [-0.05, 0) is 102 Å². The molecule has 3 amide bonds. The molecule has 2 unspecified atom stereocenters. The summed E-state index contributed by atoms with van der Waals surface area (Å²) in [5, 5.41) is 0. The Hall–Kier alpha value is -3.76. The molecule has 0 aromatic heterocycles. The van der Waals surface area contributed by atoms with Gasteiger partial charge < -0.3 is 28.7 Å². The molecule has 2 bridgehead atoms. The fourth-order valence-corrected chi connectivity index (χ4v) is 6.81. The number of hydrogen-bond acceptors (Lipinski definition) is 7. The lowest BCUT2D eigenvalue weighted by Gasteiger charge is -2.51. The first kappa shape index (κ1) is 37.5. The van der Waals surface area contributed by atoms with Crippen LogP contribution in [0.2, 0.25) is 0 Å². The Balaban J connectivity index is 1.60. The monoisotopic (exact) mass is 709 g/mol. The average molecular weight is 710 g/mol. The van der Waals surface area contributed by atoms with Crippen LogP contribution >= 0.6 is 11.6 Å². The van der Waals surface area contributed by atoms with Gasteiger partial charge in [-0.3, -0.25) is 9.69 Å². The van der Waals surface area contributed by atoms with Crippen molar-refractivity contribution in [3.63, 3.8) is 0 Å². The van der Waals surface area contributed by atoms with E-state index in [4.69, 9.17) is 30.5 Å². The first-order valence-electron chi connectivity index (χ1n) is 17.5. The molecule has 50 heavy (non-hydrogen) atoms. The van der Waals surface area contributed by atoms with Gasteiger partial charge in [-0.15, -0.1) is 11.6 Å². The Morgan fingerprint density at radius 1 is 0.900 bits per heavy atom. The summed E-state index contributed by atoms with van der Waals surface area (Å²) in [4.78, 5) is 48.0. The minimum absolute atomic E-state index is 0.0468. The van der Waals surface area contributed by atoms with Crippen LogP contribution in [0.3, 0.4) is 0 Å². The molecule has 0 N–H and O–H groups in total. The van der Waals surface area contributed by atoms with Crippen molar-refractivity contribution < 1.29 is 33.3 Å². The SMILES string of the molecule is COCCOc1cccc(CN(C(=O)C2=C(c3ccc(CCl)cc3)CC3CN(C(=O)OC(C)(C)C)CC2N3C(=O)OC(C)(C)C)C2CC2)c1C. The van der Waals surface area contributed by atoms with E-state index in [1.54, 1.807) is 16.9 Å². The number of piperazine rings is 1. The zero-order valence-corrected chi connectivity index (χ0v) is 31.5. The van der Waals surface area contributed by atoms with Gasteiger partial charge in [-0.1, -0.05) is 36.4 Å². The third-order valence-corrected chi connectivity index (χ3v) is 9.43. The molecular weight excluding hydrogens is 658 g/mol. The van der Waals surface area contributed by atoms with Gasteiger partial charge in [0, 0.05) is 44.2 Å². The van der Waals surface area contributed by atoms with Gasteiger partial charge in [-0.25, -0.2) is 9.59 Å². The van der Waals surface area contributed by atoms with Gasteiger partial charge in [-0.2, -0.15) is 0 Å². The smallest absolute Gasteiger partial charge is 0.411 e. The summed E-state index contributed by atoms with van der Waals surface area (Å²) in [5.74, 6) is 0.965. The Bertz CT molecular complexity index is 1590. The number of alkyl halides is 1. The van der Waals surface area contributed by atoms with Crippen LogP contribution < -0.4 is 4.74 Å². The van der Waals surface area contributed by atoms with Gasteiger partial charge >= 0.3 is 12.2 Å². The van der Waals surface area contributed by atoms with Crippen LogP contribution in [0.25, 0.3) is 5.57 Å². The predicted molar refractivity (Wildman–Crippen MR) is 193 cm³/mol. The third kappa shape index (κ3) is 8.93. The summed E-state index contributed by atoms with van der Waals surface area (Å²) in [7, 11) is 1.64. The fraction of sp³-hybridized carbons (Fsp3) is 0.564. The molecule has 2 aromatic carbocycles. The fourth-order valence-electron chi connectivity index (χ4n) is 6.63. The molecule has 2 heterocycles. The topological polar surface area (TPSA) is 97.9 Å². The van der Waals surface area contributed by atoms with Crippen molar-refractivity contribution in [1.29, 1.82) is 0 Å². The van der Waals surface area contributed by atoms with E-state index >= 15 is 4.79 Å². The maximum atomic E-state index is 15.2. The van der Waals surface area contributed by atoms with E-state index in [1.807, 2.05) is 95.8 Å². The van der Waals surface area contributed by atoms with Gasteiger partial charge in [0.1, 0.15) is 23.6 Å². The summed E-state index contributed by atoms with van der Waals surface area (Å²) in [6.45, 7) is 14.6. The van der Waals surface area contributed by atoms with Crippen LogP contribution in [0.4, 0.5) is 9.59 Å². The van der Waals surface area contributed by atoms with Crippen molar-refractivity contribution in [2.75, 3.05) is 33.4 Å². The number of amides is 3. The minimum Gasteiger partial charge on any atom is -0.491 e. The standard InChI is InChI=1S/C39H52ClN3O7/c1-25-28(10-9-11-33(25)48-19-18-47-8)22-42(29-16-17-29)35(44)34-31(27-14-12-26(21-40)13-15-27)20-30-23-41(36(45)49-38(2,3)4)24-32(34)43(30)37(46)50-39(5,6)7/h9-15,29-30,32H,16-24H2,1-8H3. The number of nitrogens with zero attached hydrogens (tertiary/aromatic N) is 3. The number of ether oxygens (including phenoxy) is 4. The highest BCUT2D eigenvalue weighted by atomic mass is 35.5. The Labute approximate surface area is 301 Å². The van der Waals surface area contributed by atoms with Crippen molar-refractivity contribution >= 4 is 35.3 Å². The zero-order chi connectivity index (χ0) is 36.4. The van der Waals surface area contributed by atoms with Crippen LogP contribution in [0.5, 0.6) is 5.75 Å². The zero-order valence-electron chi connectivity index (χ0n) is 30.7. The van der Waals surface area contributed by atoms with E-state index in [0.29, 0.717) is 37.6 Å². The number of carbonyl (C=O) groups excluding carboxylic acids is 3. The molecule has 0 radical (unpaired) electrons. The summed E-state index contributed by atoms with van der Waals surface area (Å²) < 4.78 is 22.9. The third-order valence-electron chi connectivity index (χ3n) is 9.13. The molecule has 2 fully saturated rings. The first-order valence-corrected chi connectivity index (χ1v) is 18.0. The van der Waals surface area contributed by atoms with E-state index in [0.717, 1.165) is 46.4 Å². The highest BCUT2D eigenvalue weighted by Crippen LogP contribution is 2.42. The van der Waals surface area contributed by atoms with Crippen LogP contribution in [0.1, 0.15) is 83.1 Å². The summed E-state index contributed by atoms with van der Waals surface area (Å²) in [5.41, 5.74) is 3.70. The second kappa shape index (κ2) is 15.2. The lowest BCUT2D eigenvalue weighted by atomic mass is 9.81. The molecule has 1 saturated carbocycles. The van der Waals surface area contributed by atoms with E-state index in [9.17, 15) is 9.59 Å². The lowest BCUT2D eigenvalue weighted by molar-refractivity contribution is -0.129. The Morgan fingerprint density at radius 2 is 1.56 bits per heavy atom. The Kier molecular flexibility index (Phi) is 11.4. The Morgan fingerprint density at radius 3 is 2.16 bits per heavy atom. The second-order valence-electron chi connectivity index (χ2n) is 15.4. The van der Waals surface area contributed by atoms with E-state index in [1.165, 1.54) is 0 Å². The molecule has 3 aliphatic rings. The normalized spacial score (nSPS) is 19.3. The molecule has 5 rings (SSSR count). The molecule has 2 aliphatic heterocycles. The van der Waals surface area contributed by atoms with Gasteiger partial charge in [0.15, 0.2) is 0 Å². The van der Waals surface area contributed by atoms with Gasteiger partial charge in [0.2, 0.25) is 0 Å². The van der Waals surface area contributed by atoms with Gasteiger partial charge in [0.05, 0.1) is 18.7 Å². The van der Waals surface area contributed by atoms with E-state index in [2.05, 4.69) is 0 Å². The number of methoxy groups -OCH3 is 1. The molecule has 1 aliphatic carbocycles. The second-order valence-corrected chi connectivity index (χ2v) is 15.7. The van der Waals surface area contributed by atoms with Crippen molar-refractivity contribution in [2.24, 2.45) is 0 Å². The lowest BCUT2D eigenvalue weighted by Crippen LogP contribution is -2.66. The number of halogens is 1. The molecule has 2 aromatic rings. The summed E-state index contributed by atoms with van der Waals surface area (Å²) in [6.07, 6.45) is 1.14. The highest BCUT2D eigenvalue weighted by molar-refractivity contribution is 6.17. The molecule has 11 heteroatoms. The van der Waals surface area contributed by atoms with E-state index < -0.39 is 35.5 Å². The number of rotatable bonds is 10.